The molecule has 0 fully saturated rings. The van der Waals surface area contributed by atoms with Crippen molar-refractivity contribution in [2.45, 2.75) is 4.90 Å². The second-order valence-electron chi connectivity index (χ2n) is 3.87. The van der Waals surface area contributed by atoms with Crippen LogP contribution in [-0.4, -0.2) is 36.2 Å². The minimum atomic E-state index is -4.18. The van der Waals surface area contributed by atoms with Crippen molar-refractivity contribution in [3.63, 3.8) is 0 Å². The summed E-state index contributed by atoms with van der Waals surface area (Å²) >= 11 is 5.62. The number of hydrogen-bond donors (Lipinski definition) is 3. The molecule has 0 aliphatic rings. The second kappa shape index (κ2) is 6.22. The summed E-state index contributed by atoms with van der Waals surface area (Å²) in [6, 6.07) is 2.00. The quantitative estimate of drug-likeness (QED) is 0.491. The van der Waals surface area contributed by atoms with E-state index in [-0.39, 0.29) is 18.1 Å². The van der Waals surface area contributed by atoms with Crippen LogP contribution in [0.25, 0.3) is 0 Å². The van der Waals surface area contributed by atoms with Gasteiger partial charge >= 0.3 is 0 Å². The van der Waals surface area contributed by atoms with Gasteiger partial charge in [0.15, 0.2) is 5.82 Å². The van der Waals surface area contributed by atoms with Crippen molar-refractivity contribution in [2.24, 2.45) is 0 Å². The fourth-order valence-electron chi connectivity index (χ4n) is 1.28. The third kappa shape index (κ3) is 4.87. The maximum Gasteiger partial charge on any atom is 0.243 e. The predicted molar refractivity (Wildman–Crippen MR) is 73.9 cm³/mol. The molecule has 0 radical (unpaired) electrons. The van der Waals surface area contributed by atoms with Gasteiger partial charge in [0.25, 0.3) is 0 Å². The van der Waals surface area contributed by atoms with Crippen LogP contribution in [0.3, 0.4) is 0 Å². The lowest BCUT2D eigenvalue weighted by Crippen LogP contribution is -2.34. The number of halogens is 2. The lowest BCUT2D eigenvalue weighted by atomic mass is 10.3. The van der Waals surface area contributed by atoms with Crippen molar-refractivity contribution in [3.05, 3.63) is 23.0 Å². The number of sulfonamides is 2. The summed E-state index contributed by atoms with van der Waals surface area (Å²) in [5, 5.41) is -0.0291. The molecule has 4 N–H and O–H groups in total. The van der Waals surface area contributed by atoms with Crippen molar-refractivity contribution >= 4 is 37.3 Å². The van der Waals surface area contributed by atoms with E-state index in [2.05, 4.69) is 4.72 Å². The maximum atomic E-state index is 13.7. The van der Waals surface area contributed by atoms with Crippen molar-refractivity contribution in [2.75, 3.05) is 25.1 Å². The van der Waals surface area contributed by atoms with E-state index >= 15 is 0 Å². The summed E-state index contributed by atoms with van der Waals surface area (Å²) < 4.78 is 63.0. The van der Waals surface area contributed by atoms with E-state index < -0.39 is 36.4 Å². The van der Waals surface area contributed by atoms with Gasteiger partial charge < -0.3 is 5.73 Å². The third-order valence-corrected chi connectivity index (χ3v) is 4.51. The Bertz CT molecular complexity index is 706. The van der Waals surface area contributed by atoms with E-state index in [4.69, 9.17) is 17.3 Å². The Morgan fingerprint density at radius 1 is 1.20 bits per heavy atom. The monoisotopic (exact) mass is 345 g/mol. The maximum absolute atomic E-state index is 13.7. The highest BCUT2D eigenvalue weighted by molar-refractivity contribution is 7.89. The SMILES string of the molecule is CS(=O)(=O)NCCNS(=O)(=O)c1cc(Cl)cc(N)c1F. The van der Waals surface area contributed by atoms with E-state index in [0.29, 0.717) is 0 Å². The van der Waals surface area contributed by atoms with Crippen molar-refractivity contribution < 1.29 is 21.2 Å². The molecule has 0 saturated heterocycles. The number of hydrogen-bond acceptors (Lipinski definition) is 5. The first-order valence-electron chi connectivity index (χ1n) is 5.22. The summed E-state index contributed by atoms with van der Waals surface area (Å²) in [6.45, 7) is -0.420. The van der Waals surface area contributed by atoms with E-state index in [0.717, 1.165) is 18.4 Å². The van der Waals surface area contributed by atoms with E-state index in [1.54, 1.807) is 0 Å². The molecule has 1 aromatic carbocycles. The van der Waals surface area contributed by atoms with Crippen LogP contribution in [0.5, 0.6) is 0 Å². The van der Waals surface area contributed by atoms with Crippen LogP contribution in [0.2, 0.25) is 5.02 Å². The lowest BCUT2D eigenvalue weighted by Gasteiger charge is -2.09. The van der Waals surface area contributed by atoms with E-state index in [1.165, 1.54) is 0 Å². The molecule has 7 nitrogen and oxygen atoms in total. The molecule has 0 aliphatic heterocycles. The molecule has 11 heteroatoms. The summed E-state index contributed by atoms with van der Waals surface area (Å²) in [5.41, 5.74) is 4.89. The first-order valence-corrected chi connectivity index (χ1v) is 8.97. The van der Waals surface area contributed by atoms with Crippen LogP contribution in [0.4, 0.5) is 10.1 Å². The normalized spacial score (nSPS) is 12.6. The molecular formula is C9H13ClFN3O4S2. The largest absolute Gasteiger partial charge is 0.396 e. The molecule has 0 unspecified atom stereocenters. The average Bonchev–Trinajstić information content (AvgIpc) is 2.28. The lowest BCUT2D eigenvalue weighted by molar-refractivity contribution is 0.556. The first-order chi connectivity index (χ1) is 9.03. The topological polar surface area (TPSA) is 118 Å². The summed E-state index contributed by atoms with van der Waals surface area (Å²) in [6.07, 6.45) is 0.929. The van der Waals surface area contributed by atoms with Gasteiger partial charge in [0.05, 0.1) is 11.9 Å². The smallest absolute Gasteiger partial charge is 0.243 e. The zero-order valence-electron chi connectivity index (χ0n) is 10.4. The fraction of sp³-hybridized carbons (Fsp3) is 0.333. The first kappa shape index (κ1) is 17.1. The molecule has 0 heterocycles. The highest BCUT2D eigenvalue weighted by Crippen LogP contribution is 2.24. The van der Waals surface area contributed by atoms with Gasteiger partial charge in [-0.3, -0.25) is 0 Å². The molecule has 0 aliphatic carbocycles. The van der Waals surface area contributed by atoms with Gasteiger partial charge in [0.1, 0.15) is 4.90 Å². The summed E-state index contributed by atoms with van der Waals surface area (Å²) in [4.78, 5) is -0.693. The molecule has 0 amide bonds. The minimum absolute atomic E-state index is 0.0291. The Balaban J connectivity index is 2.85. The minimum Gasteiger partial charge on any atom is -0.396 e. The van der Waals surface area contributed by atoms with Gasteiger partial charge in [-0.05, 0) is 12.1 Å². The predicted octanol–water partition coefficient (Wildman–Crippen LogP) is -0.111. The van der Waals surface area contributed by atoms with Crippen LogP contribution in [0, 0.1) is 5.82 Å². The van der Waals surface area contributed by atoms with Crippen LogP contribution < -0.4 is 15.2 Å². The van der Waals surface area contributed by atoms with Crippen LogP contribution in [0.15, 0.2) is 17.0 Å². The third-order valence-electron chi connectivity index (χ3n) is 2.10. The van der Waals surface area contributed by atoms with Crippen LogP contribution >= 0.6 is 11.6 Å². The molecule has 0 spiro atoms. The van der Waals surface area contributed by atoms with Gasteiger partial charge in [-0.15, -0.1) is 0 Å². The molecule has 0 aromatic heterocycles. The summed E-state index contributed by atoms with van der Waals surface area (Å²) in [5.74, 6) is -1.11. The molecule has 1 aromatic rings. The number of nitrogen functional groups attached to an aromatic ring is 1. The number of anilines is 1. The van der Waals surface area contributed by atoms with Gasteiger partial charge in [-0.2, -0.15) is 0 Å². The van der Waals surface area contributed by atoms with E-state index in [9.17, 15) is 21.2 Å². The standard InChI is InChI=1S/C9H13ClFN3O4S2/c1-19(15,16)13-2-3-14-20(17,18)8-5-6(10)4-7(12)9(8)11/h4-5,13-14H,2-3,12H2,1H3. The van der Waals surface area contributed by atoms with Crippen LogP contribution in [0.1, 0.15) is 0 Å². The Morgan fingerprint density at radius 2 is 1.75 bits per heavy atom. The molecule has 0 bridgehead atoms. The second-order valence-corrected chi connectivity index (χ2v) is 7.88. The van der Waals surface area contributed by atoms with Crippen molar-refractivity contribution in [1.82, 2.24) is 9.44 Å². The molecule has 0 saturated carbocycles. The van der Waals surface area contributed by atoms with Gasteiger partial charge in [0.2, 0.25) is 20.0 Å². The van der Waals surface area contributed by atoms with Gasteiger partial charge in [-0.1, -0.05) is 11.6 Å². The Labute approximate surface area is 121 Å². The zero-order valence-corrected chi connectivity index (χ0v) is 12.7. The zero-order chi connectivity index (χ0) is 15.6. The Hall–Kier alpha value is -0.940. The van der Waals surface area contributed by atoms with Crippen molar-refractivity contribution in [3.8, 4) is 0 Å². The molecular weight excluding hydrogens is 333 g/mol. The van der Waals surface area contributed by atoms with Gasteiger partial charge in [-0.25, -0.2) is 30.7 Å². The van der Waals surface area contributed by atoms with Gasteiger partial charge in [0, 0.05) is 18.1 Å². The average molecular weight is 346 g/mol. The van der Waals surface area contributed by atoms with Crippen LogP contribution in [-0.2, 0) is 20.0 Å². The molecule has 1 rings (SSSR count). The molecule has 0 atom stereocenters. The highest BCUT2D eigenvalue weighted by Gasteiger charge is 2.21. The van der Waals surface area contributed by atoms with E-state index in [1.807, 2.05) is 4.72 Å². The number of rotatable bonds is 6. The van der Waals surface area contributed by atoms with Crippen molar-refractivity contribution in [1.29, 1.82) is 0 Å². The highest BCUT2D eigenvalue weighted by atomic mass is 35.5. The summed E-state index contributed by atoms with van der Waals surface area (Å²) in [7, 11) is -7.61. The number of nitrogens with one attached hydrogen (secondary N) is 2. The Morgan fingerprint density at radius 3 is 2.30 bits per heavy atom. The fourth-order valence-corrected chi connectivity index (χ4v) is 3.21. The number of benzene rings is 1. The number of nitrogens with two attached hydrogens (primary N) is 1. The molecule has 114 valence electrons. The molecule has 20 heavy (non-hydrogen) atoms. The Kier molecular flexibility index (Phi) is 5.33.